The molecule has 0 aromatic heterocycles. The second kappa shape index (κ2) is 15.5. The Balaban J connectivity index is 0.000000111. The summed E-state index contributed by atoms with van der Waals surface area (Å²) >= 11 is 0. The van der Waals surface area contributed by atoms with Crippen molar-refractivity contribution in [1.82, 2.24) is 0 Å². The largest absolute Gasteiger partial charge is 0.0622 e. The molecule has 272 valence electrons. The fourth-order valence-corrected chi connectivity index (χ4v) is 8.70. The third-order valence-electron chi connectivity index (χ3n) is 11.3. The predicted molar refractivity (Wildman–Crippen MR) is 253 cm³/mol. The molecule has 0 aliphatic carbocycles. The molecular weight excluding hydrogens is 697 g/mol. The molecule has 0 amide bonds. The highest BCUT2D eigenvalue weighted by atomic mass is 14.2. The molecule has 0 heterocycles. The molecule has 58 heavy (non-hydrogen) atoms. The van der Waals surface area contributed by atoms with E-state index in [2.05, 4.69) is 243 Å². The third-order valence-corrected chi connectivity index (χ3v) is 11.3. The Hall–Kier alpha value is -7.54. The van der Waals surface area contributed by atoms with Crippen LogP contribution in [0.1, 0.15) is 0 Å². The number of benzene rings is 12. The lowest BCUT2D eigenvalue weighted by Gasteiger charge is -2.17. The summed E-state index contributed by atoms with van der Waals surface area (Å²) in [5.74, 6) is 0. The Labute approximate surface area is 338 Å². The van der Waals surface area contributed by atoms with E-state index in [-0.39, 0.29) is 0 Å². The molecule has 0 fully saturated rings. The number of fused-ring (bicyclic) bond motifs is 10. The van der Waals surface area contributed by atoms with Crippen molar-refractivity contribution in [3.63, 3.8) is 0 Å². The van der Waals surface area contributed by atoms with Gasteiger partial charge in [0.15, 0.2) is 0 Å². The van der Waals surface area contributed by atoms with Crippen molar-refractivity contribution >= 4 is 75.4 Å². The highest BCUT2D eigenvalue weighted by Gasteiger charge is 2.15. The van der Waals surface area contributed by atoms with Crippen LogP contribution in [-0.2, 0) is 0 Å². The lowest BCUT2D eigenvalue weighted by molar-refractivity contribution is 1.65. The molecule has 0 atom stereocenters. The summed E-state index contributed by atoms with van der Waals surface area (Å²) in [5, 5.41) is 18.5. The molecule has 0 nitrogen and oxygen atoms in total. The van der Waals surface area contributed by atoms with Gasteiger partial charge in [0, 0.05) is 0 Å². The van der Waals surface area contributed by atoms with Crippen molar-refractivity contribution in [2.45, 2.75) is 0 Å². The van der Waals surface area contributed by atoms with E-state index in [1.807, 2.05) is 0 Å². The molecular formula is C58H40. The van der Waals surface area contributed by atoms with Gasteiger partial charge in [-0.3, -0.25) is 0 Å². The van der Waals surface area contributed by atoms with Crippen molar-refractivity contribution < 1.29 is 0 Å². The van der Waals surface area contributed by atoms with E-state index in [4.69, 9.17) is 0 Å². The van der Waals surface area contributed by atoms with Crippen LogP contribution in [0.4, 0.5) is 0 Å². The highest BCUT2D eigenvalue weighted by molar-refractivity contribution is 6.25. The van der Waals surface area contributed by atoms with Gasteiger partial charge in [-0.05, 0) is 110 Å². The summed E-state index contributed by atoms with van der Waals surface area (Å²) in [6, 6.07) is 86.3. The maximum Gasteiger partial charge on any atom is -0.00264 e. The molecule has 0 spiro atoms. The van der Waals surface area contributed by atoms with E-state index >= 15 is 0 Å². The fourth-order valence-electron chi connectivity index (χ4n) is 8.70. The van der Waals surface area contributed by atoms with E-state index in [0.717, 1.165) is 0 Å². The normalized spacial score (nSPS) is 11.1. The van der Waals surface area contributed by atoms with Crippen LogP contribution in [0.2, 0.25) is 0 Å². The van der Waals surface area contributed by atoms with Gasteiger partial charge < -0.3 is 0 Å². The molecule has 12 aromatic rings. The molecule has 12 rings (SSSR count). The van der Waals surface area contributed by atoms with Crippen LogP contribution in [0.3, 0.4) is 0 Å². The van der Waals surface area contributed by atoms with Gasteiger partial charge in [-0.15, -0.1) is 0 Å². The van der Waals surface area contributed by atoms with E-state index in [0.29, 0.717) is 0 Å². The number of hydrogen-bond donors (Lipinski definition) is 0. The first-order valence-corrected chi connectivity index (χ1v) is 20.0. The van der Waals surface area contributed by atoms with Gasteiger partial charge in [0.05, 0.1) is 0 Å². The van der Waals surface area contributed by atoms with Crippen LogP contribution in [0.15, 0.2) is 243 Å². The fraction of sp³-hybridized carbons (Fsp3) is 0. The average molecular weight is 737 g/mol. The predicted octanol–water partition coefficient (Wildman–Crippen LogP) is 16.5. The van der Waals surface area contributed by atoms with Gasteiger partial charge in [0.25, 0.3) is 0 Å². The maximum absolute atomic E-state index is 2.25. The van der Waals surface area contributed by atoms with E-state index < -0.39 is 0 Å². The first-order chi connectivity index (χ1) is 28.8. The van der Waals surface area contributed by atoms with Crippen LogP contribution in [0, 0.1) is 0 Å². The van der Waals surface area contributed by atoms with Gasteiger partial charge >= 0.3 is 0 Å². The maximum atomic E-state index is 2.25. The van der Waals surface area contributed by atoms with Crippen LogP contribution in [0.5, 0.6) is 0 Å². The minimum absolute atomic E-state index is 1.26. The number of rotatable bonds is 2. The Morgan fingerprint density at radius 1 is 0.155 bits per heavy atom. The SMILES string of the molecule is c1ccc(-c2c3ccccc3c(-c3ccccc3)c3ccccc23)cc1.c1ccc2c(c1)c1ccccc1c1ccccc21.c1ccc2cc3ccccc3cc2c1. The average Bonchev–Trinajstić information content (AvgIpc) is 3.31. The van der Waals surface area contributed by atoms with Crippen molar-refractivity contribution in [3.8, 4) is 22.3 Å². The van der Waals surface area contributed by atoms with E-state index in [1.165, 1.54) is 97.7 Å². The Bertz CT molecular complexity index is 2900. The van der Waals surface area contributed by atoms with Crippen LogP contribution in [-0.4, -0.2) is 0 Å². The molecule has 0 bridgehead atoms. The zero-order chi connectivity index (χ0) is 38.7. The zero-order valence-corrected chi connectivity index (χ0v) is 32.1. The lowest BCUT2D eigenvalue weighted by Crippen LogP contribution is -1.90. The van der Waals surface area contributed by atoms with Crippen molar-refractivity contribution in [2.24, 2.45) is 0 Å². The minimum Gasteiger partial charge on any atom is -0.0622 e. The second-order valence-corrected chi connectivity index (χ2v) is 14.8. The van der Waals surface area contributed by atoms with Crippen LogP contribution < -0.4 is 0 Å². The topological polar surface area (TPSA) is 0 Å². The molecule has 0 radical (unpaired) electrons. The van der Waals surface area contributed by atoms with Crippen molar-refractivity contribution in [1.29, 1.82) is 0 Å². The van der Waals surface area contributed by atoms with Crippen LogP contribution >= 0.6 is 0 Å². The van der Waals surface area contributed by atoms with Gasteiger partial charge in [-0.25, -0.2) is 0 Å². The Morgan fingerprint density at radius 2 is 0.345 bits per heavy atom. The van der Waals surface area contributed by atoms with Gasteiger partial charge in [-0.1, -0.05) is 231 Å². The standard InChI is InChI=1S/C26H18.C18H12.C14H10/c1-3-11-19(12-4-1)25-21-15-7-9-17-23(21)26(20-13-5-2-6-14-20)24-18-10-8-16-22(24)25;1-2-8-14-13(7-1)15-9-3-4-11-17(15)18-12-6-5-10-16(14)18;1-2-6-12-10-14-8-4-3-7-13(14)9-11(12)5-1/h1-18H;1-12H;1-10H. The second-order valence-electron chi connectivity index (χ2n) is 14.8. The minimum atomic E-state index is 1.26. The third kappa shape index (κ3) is 6.51. The van der Waals surface area contributed by atoms with Gasteiger partial charge in [0.1, 0.15) is 0 Å². The van der Waals surface area contributed by atoms with Gasteiger partial charge in [-0.2, -0.15) is 0 Å². The molecule has 0 unspecified atom stereocenters. The molecule has 0 aliphatic heterocycles. The van der Waals surface area contributed by atoms with Crippen LogP contribution in [0.25, 0.3) is 97.7 Å². The first kappa shape index (κ1) is 34.9. The highest BCUT2D eigenvalue weighted by Crippen LogP contribution is 2.43. The quantitative estimate of drug-likeness (QED) is 0.122. The van der Waals surface area contributed by atoms with E-state index in [9.17, 15) is 0 Å². The molecule has 0 saturated carbocycles. The molecule has 0 aliphatic rings. The molecule has 0 N–H and O–H groups in total. The summed E-state index contributed by atoms with van der Waals surface area (Å²) < 4.78 is 0. The number of hydrogen-bond acceptors (Lipinski definition) is 0. The van der Waals surface area contributed by atoms with Crippen molar-refractivity contribution in [3.05, 3.63) is 243 Å². The molecule has 0 saturated heterocycles. The summed E-state index contributed by atoms with van der Waals surface area (Å²) in [6.07, 6.45) is 0. The van der Waals surface area contributed by atoms with Crippen molar-refractivity contribution in [2.75, 3.05) is 0 Å². The van der Waals surface area contributed by atoms with E-state index in [1.54, 1.807) is 0 Å². The summed E-state index contributed by atoms with van der Waals surface area (Å²) in [4.78, 5) is 0. The monoisotopic (exact) mass is 736 g/mol. The first-order valence-electron chi connectivity index (χ1n) is 20.0. The summed E-state index contributed by atoms with van der Waals surface area (Å²) in [7, 11) is 0. The summed E-state index contributed by atoms with van der Waals surface area (Å²) in [6.45, 7) is 0. The zero-order valence-electron chi connectivity index (χ0n) is 32.1. The smallest absolute Gasteiger partial charge is 0.00264 e. The van der Waals surface area contributed by atoms with Gasteiger partial charge in [0.2, 0.25) is 0 Å². The Kier molecular flexibility index (Phi) is 9.35. The summed E-state index contributed by atoms with van der Waals surface area (Å²) in [5.41, 5.74) is 5.16. The lowest BCUT2D eigenvalue weighted by atomic mass is 9.86. The molecule has 12 aromatic carbocycles. The Morgan fingerprint density at radius 3 is 0.586 bits per heavy atom. The molecule has 0 heteroatoms.